The van der Waals surface area contributed by atoms with E-state index in [1.165, 1.54) is 12.8 Å². The first-order valence-electron chi connectivity index (χ1n) is 7.98. The first-order valence-corrected chi connectivity index (χ1v) is 7.98. The molecule has 2 aliphatic heterocycles. The minimum Gasteiger partial charge on any atom is -0.490 e. The van der Waals surface area contributed by atoms with Gasteiger partial charge in [0.1, 0.15) is 12.4 Å². The van der Waals surface area contributed by atoms with E-state index in [0.717, 1.165) is 49.1 Å². The first kappa shape index (κ1) is 14.4. The maximum Gasteiger partial charge on any atom is 0.164 e. The molecule has 0 radical (unpaired) electrons. The summed E-state index contributed by atoms with van der Waals surface area (Å²) >= 11 is 0. The molecule has 0 spiro atoms. The molecular weight excluding hydrogens is 264 g/mol. The number of fused-ring (bicyclic) bond motifs is 1. The molecule has 21 heavy (non-hydrogen) atoms. The van der Waals surface area contributed by atoms with Crippen LogP contribution in [0.5, 0.6) is 5.75 Å². The summed E-state index contributed by atoms with van der Waals surface area (Å²) in [5.41, 5.74) is 1.73. The molecule has 1 aromatic rings. The lowest BCUT2D eigenvalue weighted by atomic mass is 9.98. The molecule has 0 aromatic heterocycles. The van der Waals surface area contributed by atoms with E-state index in [9.17, 15) is 4.79 Å². The molecule has 4 heteroatoms. The van der Waals surface area contributed by atoms with Gasteiger partial charge in [0.05, 0.1) is 5.69 Å². The summed E-state index contributed by atoms with van der Waals surface area (Å²) in [6.45, 7) is 6.95. The molecule has 4 nitrogen and oxygen atoms in total. The van der Waals surface area contributed by atoms with Gasteiger partial charge in [-0.3, -0.25) is 4.79 Å². The highest BCUT2D eigenvalue weighted by atomic mass is 16.5. The van der Waals surface area contributed by atoms with E-state index < -0.39 is 0 Å². The molecule has 0 atom stereocenters. The van der Waals surface area contributed by atoms with Crippen LogP contribution >= 0.6 is 0 Å². The fraction of sp³-hybridized carbons (Fsp3) is 0.588. The molecule has 2 heterocycles. The van der Waals surface area contributed by atoms with Gasteiger partial charge in [-0.25, -0.2) is 0 Å². The van der Waals surface area contributed by atoms with Gasteiger partial charge < -0.3 is 15.0 Å². The second-order valence-electron chi connectivity index (χ2n) is 6.18. The molecule has 0 bridgehead atoms. The van der Waals surface area contributed by atoms with E-state index in [1.54, 1.807) is 0 Å². The Balaban J connectivity index is 1.55. The van der Waals surface area contributed by atoms with Crippen LogP contribution in [0.1, 0.15) is 36.5 Å². The third-order valence-corrected chi connectivity index (χ3v) is 4.51. The van der Waals surface area contributed by atoms with E-state index in [4.69, 9.17) is 4.74 Å². The van der Waals surface area contributed by atoms with Gasteiger partial charge in [-0.1, -0.05) is 6.92 Å². The molecule has 0 saturated carbocycles. The third-order valence-electron chi connectivity index (χ3n) is 4.51. The number of likely N-dealkylation sites (tertiary alicyclic amines) is 1. The summed E-state index contributed by atoms with van der Waals surface area (Å²) in [4.78, 5) is 14.8. The number of nitrogens with zero attached hydrogens (tertiary/aromatic N) is 1. The Hall–Kier alpha value is -1.55. The Morgan fingerprint density at radius 2 is 2.19 bits per heavy atom. The Kier molecular flexibility index (Phi) is 4.44. The predicted octanol–water partition coefficient (Wildman–Crippen LogP) is 2.80. The van der Waals surface area contributed by atoms with Gasteiger partial charge in [-0.2, -0.15) is 0 Å². The number of anilines is 1. The normalized spacial score (nSPS) is 19.5. The molecule has 0 unspecified atom stereocenters. The number of hydrogen-bond acceptors (Lipinski definition) is 4. The van der Waals surface area contributed by atoms with Crippen molar-refractivity contribution < 1.29 is 9.53 Å². The van der Waals surface area contributed by atoms with Crippen molar-refractivity contribution in [1.29, 1.82) is 0 Å². The molecule has 1 saturated heterocycles. The maximum atomic E-state index is 12.3. The number of ether oxygens (including phenoxy) is 1. The fourth-order valence-corrected chi connectivity index (χ4v) is 3.00. The first-order chi connectivity index (χ1) is 10.2. The van der Waals surface area contributed by atoms with E-state index >= 15 is 0 Å². The number of rotatable bonds is 4. The highest BCUT2D eigenvalue weighted by Crippen LogP contribution is 2.28. The Bertz CT molecular complexity index is 508. The molecule has 0 amide bonds. The topological polar surface area (TPSA) is 41.6 Å². The summed E-state index contributed by atoms with van der Waals surface area (Å²) in [5.74, 6) is 1.91. The molecule has 1 fully saturated rings. The van der Waals surface area contributed by atoms with Crippen LogP contribution in [0.2, 0.25) is 0 Å². The second-order valence-corrected chi connectivity index (χ2v) is 6.18. The van der Waals surface area contributed by atoms with Crippen molar-refractivity contribution in [3.8, 4) is 5.75 Å². The van der Waals surface area contributed by atoms with Gasteiger partial charge in [0.15, 0.2) is 5.78 Å². The van der Waals surface area contributed by atoms with Crippen molar-refractivity contribution in [3.63, 3.8) is 0 Å². The summed E-state index contributed by atoms with van der Waals surface area (Å²) in [6.07, 6.45) is 3.12. The molecule has 114 valence electrons. The van der Waals surface area contributed by atoms with Crippen LogP contribution in [0.15, 0.2) is 18.2 Å². The van der Waals surface area contributed by atoms with Gasteiger partial charge in [0.2, 0.25) is 0 Å². The minimum atomic E-state index is 0.226. The zero-order chi connectivity index (χ0) is 14.7. The average molecular weight is 288 g/mol. The zero-order valence-corrected chi connectivity index (χ0v) is 12.7. The molecular formula is C17H24N2O2. The van der Waals surface area contributed by atoms with Crippen molar-refractivity contribution in [1.82, 2.24) is 4.90 Å². The summed E-state index contributed by atoms with van der Waals surface area (Å²) in [5, 5.41) is 3.28. The van der Waals surface area contributed by atoms with Crippen LogP contribution in [0, 0.1) is 5.92 Å². The number of ketones is 1. The molecule has 1 aromatic carbocycles. The number of hydrogen-bond donors (Lipinski definition) is 1. The van der Waals surface area contributed by atoms with Crippen molar-refractivity contribution >= 4 is 11.5 Å². The number of nitrogens with one attached hydrogen (secondary N) is 1. The quantitative estimate of drug-likeness (QED) is 0.865. The summed E-state index contributed by atoms with van der Waals surface area (Å²) in [7, 11) is 0. The van der Waals surface area contributed by atoms with Gasteiger partial charge >= 0.3 is 0 Å². The largest absolute Gasteiger partial charge is 0.490 e. The lowest BCUT2D eigenvalue weighted by molar-refractivity contribution is 0.0953. The smallest absolute Gasteiger partial charge is 0.164 e. The molecule has 3 rings (SSSR count). The third kappa shape index (κ3) is 3.56. The highest BCUT2D eigenvalue weighted by Gasteiger charge is 2.18. The minimum absolute atomic E-state index is 0.226. The maximum absolute atomic E-state index is 12.3. The number of carbonyl (C=O) groups is 1. The SMILES string of the molecule is CC1CCN(CCC(=O)c2ccc3c(c2)NCCO3)CC1. The van der Waals surface area contributed by atoms with Crippen LogP contribution < -0.4 is 10.1 Å². The monoisotopic (exact) mass is 288 g/mol. The van der Waals surface area contributed by atoms with Crippen molar-refractivity contribution in [2.45, 2.75) is 26.2 Å². The van der Waals surface area contributed by atoms with Gasteiger partial charge in [-0.15, -0.1) is 0 Å². The zero-order valence-electron chi connectivity index (χ0n) is 12.7. The number of piperidine rings is 1. The average Bonchev–Trinajstić information content (AvgIpc) is 2.53. The predicted molar refractivity (Wildman–Crippen MR) is 84.2 cm³/mol. The number of Topliss-reactive ketones (excluding diaryl/α,β-unsaturated/α-hetero) is 1. The van der Waals surface area contributed by atoms with Crippen molar-refractivity contribution in [3.05, 3.63) is 23.8 Å². The van der Waals surface area contributed by atoms with Crippen LogP contribution in [-0.2, 0) is 0 Å². The van der Waals surface area contributed by atoms with E-state index in [2.05, 4.69) is 17.1 Å². The van der Waals surface area contributed by atoms with Gasteiger partial charge in [0.25, 0.3) is 0 Å². The summed E-state index contributed by atoms with van der Waals surface area (Å²) < 4.78 is 5.54. The number of benzene rings is 1. The Labute approximate surface area is 126 Å². The molecule has 0 aliphatic carbocycles. The van der Waals surface area contributed by atoms with E-state index in [0.29, 0.717) is 13.0 Å². The van der Waals surface area contributed by atoms with E-state index in [1.807, 2.05) is 18.2 Å². The molecule has 2 aliphatic rings. The Morgan fingerprint density at radius 1 is 1.38 bits per heavy atom. The Morgan fingerprint density at radius 3 is 3.00 bits per heavy atom. The lowest BCUT2D eigenvalue weighted by Gasteiger charge is -2.29. The van der Waals surface area contributed by atoms with Crippen molar-refractivity contribution in [2.24, 2.45) is 5.92 Å². The lowest BCUT2D eigenvalue weighted by Crippen LogP contribution is -2.34. The van der Waals surface area contributed by atoms with Gasteiger partial charge in [-0.05, 0) is 50.0 Å². The van der Waals surface area contributed by atoms with Crippen LogP contribution in [0.4, 0.5) is 5.69 Å². The van der Waals surface area contributed by atoms with E-state index in [-0.39, 0.29) is 5.78 Å². The van der Waals surface area contributed by atoms with Crippen LogP contribution in [0.25, 0.3) is 0 Å². The standard InChI is InChI=1S/C17H24N2O2/c1-13-4-8-19(9-5-13)10-6-16(20)14-2-3-17-15(12-14)18-7-11-21-17/h2-3,12-13,18H,4-11H2,1H3. The second kappa shape index (κ2) is 6.48. The van der Waals surface area contributed by atoms with Gasteiger partial charge in [0, 0.05) is 25.1 Å². The van der Waals surface area contributed by atoms with Crippen LogP contribution in [0.3, 0.4) is 0 Å². The summed E-state index contributed by atoms with van der Waals surface area (Å²) in [6, 6.07) is 5.71. The fourth-order valence-electron chi connectivity index (χ4n) is 3.00. The van der Waals surface area contributed by atoms with Crippen LogP contribution in [-0.4, -0.2) is 43.5 Å². The van der Waals surface area contributed by atoms with Crippen molar-refractivity contribution in [2.75, 3.05) is 38.1 Å². The number of carbonyl (C=O) groups excluding carboxylic acids is 1. The highest BCUT2D eigenvalue weighted by molar-refractivity contribution is 5.97. The molecule has 1 N–H and O–H groups in total.